The molecular formula is C17H16F3NO4S. The molecule has 5 nitrogen and oxygen atoms in total. The van der Waals surface area contributed by atoms with Crippen LogP contribution >= 0.6 is 0 Å². The quantitative estimate of drug-likeness (QED) is 0.876. The number of halogens is 3. The second-order valence-electron chi connectivity index (χ2n) is 6.35. The first-order valence-electron chi connectivity index (χ1n) is 7.83. The molecule has 1 N–H and O–H groups in total. The van der Waals surface area contributed by atoms with Crippen LogP contribution < -0.4 is 0 Å². The second-order valence-corrected chi connectivity index (χ2v) is 8.32. The van der Waals surface area contributed by atoms with E-state index in [-0.39, 0.29) is 0 Å². The average molecular weight is 387 g/mol. The number of carbonyl (C=O) groups is 1. The van der Waals surface area contributed by atoms with E-state index in [1.54, 1.807) is 30.3 Å². The second kappa shape index (κ2) is 6.55. The van der Waals surface area contributed by atoms with Crippen LogP contribution in [0.5, 0.6) is 0 Å². The van der Waals surface area contributed by atoms with Crippen molar-refractivity contribution < 1.29 is 31.5 Å². The average Bonchev–Trinajstić information content (AvgIpc) is 3.01. The lowest BCUT2D eigenvalue weighted by Gasteiger charge is -2.18. The third-order valence-corrected chi connectivity index (χ3v) is 6.36. The van der Waals surface area contributed by atoms with Gasteiger partial charge in [-0.15, -0.1) is 0 Å². The summed E-state index contributed by atoms with van der Waals surface area (Å²) < 4.78 is 64.9. The fourth-order valence-electron chi connectivity index (χ4n) is 3.21. The van der Waals surface area contributed by atoms with Gasteiger partial charge in [0.15, 0.2) is 0 Å². The van der Waals surface area contributed by atoms with Crippen molar-refractivity contribution in [2.24, 2.45) is 11.8 Å². The van der Waals surface area contributed by atoms with Crippen LogP contribution in [-0.2, 0) is 20.6 Å². The number of carboxylic acid groups (broad SMARTS) is 1. The van der Waals surface area contributed by atoms with Gasteiger partial charge in [0.1, 0.15) is 0 Å². The van der Waals surface area contributed by atoms with Crippen molar-refractivity contribution in [3.63, 3.8) is 0 Å². The molecule has 0 spiro atoms. The Morgan fingerprint density at radius 2 is 1.77 bits per heavy atom. The Morgan fingerprint density at radius 1 is 1.12 bits per heavy atom. The highest BCUT2D eigenvalue weighted by atomic mass is 32.2. The van der Waals surface area contributed by atoms with Crippen LogP contribution in [0, 0.1) is 11.8 Å². The largest absolute Gasteiger partial charge is 0.481 e. The highest BCUT2D eigenvalue weighted by molar-refractivity contribution is 7.88. The molecule has 1 heterocycles. The summed E-state index contributed by atoms with van der Waals surface area (Å²) in [5.41, 5.74) is 0.436. The van der Waals surface area contributed by atoms with Crippen LogP contribution in [-0.4, -0.2) is 43.1 Å². The Kier molecular flexibility index (Phi) is 4.70. The molecule has 3 rings (SSSR count). The highest BCUT2D eigenvalue weighted by Crippen LogP contribution is 2.39. The van der Waals surface area contributed by atoms with E-state index in [0.29, 0.717) is 9.87 Å². The zero-order chi connectivity index (χ0) is 19.1. The summed E-state index contributed by atoms with van der Waals surface area (Å²) >= 11 is 0. The van der Waals surface area contributed by atoms with Crippen molar-refractivity contribution in [1.82, 2.24) is 4.31 Å². The molecule has 0 bridgehead atoms. The molecule has 26 heavy (non-hydrogen) atoms. The first-order valence-corrected chi connectivity index (χ1v) is 9.44. The number of hydrogen-bond acceptors (Lipinski definition) is 3. The van der Waals surface area contributed by atoms with E-state index < -0.39 is 52.8 Å². The number of nitrogens with zero attached hydrogens (tertiary/aromatic N) is 1. The maximum atomic E-state index is 13.0. The van der Waals surface area contributed by atoms with Crippen molar-refractivity contribution >= 4 is 26.8 Å². The van der Waals surface area contributed by atoms with Crippen LogP contribution in [0.4, 0.5) is 13.2 Å². The maximum Gasteiger partial charge on any atom is 0.393 e. The van der Waals surface area contributed by atoms with E-state index in [9.17, 15) is 26.4 Å². The van der Waals surface area contributed by atoms with E-state index in [2.05, 4.69) is 0 Å². The van der Waals surface area contributed by atoms with Gasteiger partial charge in [0, 0.05) is 13.1 Å². The van der Waals surface area contributed by atoms with Crippen LogP contribution in [0.2, 0.25) is 0 Å². The molecule has 1 fully saturated rings. The lowest BCUT2D eigenvalue weighted by atomic mass is 9.96. The fraction of sp³-hybridized carbons (Fsp3) is 0.353. The van der Waals surface area contributed by atoms with Gasteiger partial charge in [-0.1, -0.05) is 42.5 Å². The van der Waals surface area contributed by atoms with Crippen molar-refractivity contribution in [3.05, 3.63) is 48.0 Å². The van der Waals surface area contributed by atoms with Gasteiger partial charge < -0.3 is 5.11 Å². The van der Waals surface area contributed by atoms with Crippen molar-refractivity contribution in [2.75, 3.05) is 13.1 Å². The lowest BCUT2D eigenvalue weighted by molar-refractivity contribution is -0.187. The molecule has 1 aliphatic heterocycles. The molecule has 0 saturated carbocycles. The van der Waals surface area contributed by atoms with Gasteiger partial charge in [-0.05, 0) is 16.3 Å². The first-order chi connectivity index (χ1) is 12.1. The minimum absolute atomic E-state index is 0.436. The van der Waals surface area contributed by atoms with E-state index in [4.69, 9.17) is 5.11 Å². The van der Waals surface area contributed by atoms with Crippen molar-refractivity contribution in [3.8, 4) is 0 Å². The summed E-state index contributed by atoms with van der Waals surface area (Å²) in [6.07, 6.45) is -4.77. The normalized spacial score (nSPS) is 22.0. The third-order valence-electron chi connectivity index (χ3n) is 4.58. The molecule has 0 amide bonds. The van der Waals surface area contributed by atoms with Gasteiger partial charge >= 0.3 is 12.1 Å². The smallest absolute Gasteiger partial charge is 0.393 e. The van der Waals surface area contributed by atoms with Gasteiger partial charge in [-0.25, -0.2) is 12.7 Å². The lowest BCUT2D eigenvalue weighted by Crippen LogP contribution is -2.34. The van der Waals surface area contributed by atoms with Crippen molar-refractivity contribution in [2.45, 2.75) is 11.9 Å². The summed E-state index contributed by atoms with van der Waals surface area (Å²) in [6, 6.07) is 12.3. The summed E-state index contributed by atoms with van der Waals surface area (Å²) in [6.45, 7) is -1.54. The molecule has 9 heteroatoms. The predicted molar refractivity (Wildman–Crippen MR) is 88.8 cm³/mol. The number of aliphatic carboxylic acids is 1. The topological polar surface area (TPSA) is 74.7 Å². The first kappa shape index (κ1) is 18.7. The standard InChI is InChI=1S/C17H16F3NO4S/c18-17(19,20)15-9-21(8-14(15)16(22)23)26(24,25)10-11-5-6-12-3-1-2-4-13(12)7-11/h1-7,14-15H,8-10H2,(H,22,23)/t14-,15-/m1/s1. The minimum atomic E-state index is -4.77. The Balaban J connectivity index is 1.84. The van der Waals surface area contributed by atoms with Gasteiger partial charge in [0.25, 0.3) is 0 Å². The number of benzene rings is 2. The molecule has 140 valence electrons. The Labute approximate surface area is 148 Å². The minimum Gasteiger partial charge on any atom is -0.481 e. The number of hydrogen-bond donors (Lipinski definition) is 1. The van der Waals surface area contributed by atoms with Gasteiger partial charge in [0.2, 0.25) is 10.0 Å². The zero-order valence-electron chi connectivity index (χ0n) is 13.5. The number of sulfonamides is 1. The molecule has 1 saturated heterocycles. The summed E-state index contributed by atoms with van der Waals surface area (Å²) in [5.74, 6) is -6.11. The maximum absolute atomic E-state index is 13.0. The van der Waals surface area contributed by atoms with E-state index in [1.165, 1.54) is 0 Å². The summed E-state index contributed by atoms with van der Waals surface area (Å²) in [7, 11) is -4.07. The van der Waals surface area contributed by atoms with Gasteiger partial charge in [-0.2, -0.15) is 13.2 Å². The molecule has 1 aliphatic rings. The molecule has 2 atom stereocenters. The van der Waals surface area contributed by atoms with E-state index in [1.807, 2.05) is 12.1 Å². The number of rotatable bonds is 4. The molecular weight excluding hydrogens is 371 g/mol. The molecule has 2 aromatic carbocycles. The predicted octanol–water partition coefficient (Wildman–Crippen LogP) is 2.86. The summed E-state index contributed by atoms with van der Waals surface area (Å²) in [4.78, 5) is 11.1. The van der Waals surface area contributed by atoms with Gasteiger partial charge in [0.05, 0.1) is 17.6 Å². The van der Waals surface area contributed by atoms with Crippen molar-refractivity contribution in [1.29, 1.82) is 0 Å². The molecule has 0 unspecified atom stereocenters. The monoisotopic (exact) mass is 387 g/mol. The van der Waals surface area contributed by atoms with Crippen LogP contribution in [0.3, 0.4) is 0 Å². The van der Waals surface area contributed by atoms with E-state index in [0.717, 1.165) is 10.8 Å². The summed E-state index contributed by atoms with van der Waals surface area (Å²) in [5, 5.41) is 10.7. The Morgan fingerprint density at radius 3 is 2.35 bits per heavy atom. The Bertz CT molecular complexity index is 942. The number of carboxylic acids is 1. The highest BCUT2D eigenvalue weighted by Gasteiger charge is 2.54. The van der Waals surface area contributed by atoms with Gasteiger partial charge in [-0.3, -0.25) is 4.79 Å². The van der Waals surface area contributed by atoms with Crippen LogP contribution in [0.15, 0.2) is 42.5 Å². The Hall–Kier alpha value is -2.13. The molecule has 0 aromatic heterocycles. The van der Waals surface area contributed by atoms with Crippen LogP contribution in [0.25, 0.3) is 10.8 Å². The molecule has 0 radical (unpaired) electrons. The molecule has 0 aliphatic carbocycles. The number of fused-ring (bicyclic) bond motifs is 1. The number of alkyl halides is 3. The van der Waals surface area contributed by atoms with Crippen LogP contribution in [0.1, 0.15) is 5.56 Å². The SMILES string of the molecule is O=C(O)[C@@H]1CN(S(=O)(=O)Cc2ccc3ccccc3c2)C[C@H]1C(F)(F)F. The molecule has 2 aromatic rings. The fourth-order valence-corrected chi connectivity index (χ4v) is 4.77. The zero-order valence-corrected chi connectivity index (χ0v) is 14.3. The van der Waals surface area contributed by atoms with E-state index >= 15 is 0 Å². The third kappa shape index (κ3) is 3.68.